The van der Waals surface area contributed by atoms with Crippen LogP contribution in [0.3, 0.4) is 0 Å². The summed E-state index contributed by atoms with van der Waals surface area (Å²) in [6.45, 7) is 2.34. The third kappa shape index (κ3) is 3.12. The largest absolute Gasteiger partial charge is 0.469 e. The van der Waals surface area contributed by atoms with Gasteiger partial charge in [-0.3, -0.25) is 9.59 Å². The fourth-order valence-electron chi connectivity index (χ4n) is 1.48. The second kappa shape index (κ2) is 5.34. The van der Waals surface area contributed by atoms with Crippen LogP contribution in [0.1, 0.15) is 18.4 Å². The summed E-state index contributed by atoms with van der Waals surface area (Å²) in [5.41, 5.74) is 6.50. The van der Waals surface area contributed by atoms with Crippen molar-refractivity contribution in [1.82, 2.24) is 4.57 Å². The lowest BCUT2D eigenvalue weighted by Gasteiger charge is -2.07. The number of nitrogen functional groups attached to an aromatic ring is 1. The van der Waals surface area contributed by atoms with Crippen molar-refractivity contribution in [2.75, 3.05) is 12.8 Å². The standard InChI is InChI=1S/C11H16N2O3/c1-8-6-9(12)11(15)13(7-8)5-3-4-10(14)16-2/h6-7H,3-5,12H2,1-2H3. The lowest BCUT2D eigenvalue weighted by molar-refractivity contribution is -0.140. The van der Waals surface area contributed by atoms with Crippen LogP contribution >= 0.6 is 0 Å². The van der Waals surface area contributed by atoms with Crippen LogP contribution in [0.15, 0.2) is 17.1 Å². The molecule has 5 nitrogen and oxygen atoms in total. The first-order chi connectivity index (χ1) is 7.54. The summed E-state index contributed by atoms with van der Waals surface area (Å²) in [5.74, 6) is -0.270. The van der Waals surface area contributed by atoms with E-state index in [1.807, 2.05) is 6.92 Å². The Morgan fingerprint density at radius 3 is 2.88 bits per heavy atom. The monoisotopic (exact) mass is 224 g/mol. The number of rotatable bonds is 4. The topological polar surface area (TPSA) is 74.3 Å². The van der Waals surface area contributed by atoms with Crippen molar-refractivity contribution in [1.29, 1.82) is 0 Å². The second-order valence-electron chi connectivity index (χ2n) is 3.65. The molecule has 1 aromatic rings. The molecule has 0 saturated carbocycles. The molecular weight excluding hydrogens is 208 g/mol. The number of nitrogens with two attached hydrogens (primary N) is 1. The van der Waals surface area contributed by atoms with E-state index in [9.17, 15) is 9.59 Å². The molecule has 1 aromatic heterocycles. The molecule has 0 radical (unpaired) electrons. The molecule has 0 bridgehead atoms. The van der Waals surface area contributed by atoms with E-state index in [4.69, 9.17) is 5.73 Å². The number of methoxy groups -OCH3 is 1. The number of esters is 1. The number of aromatic nitrogens is 1. The van der Waals surface area contributed by atoms with E-state index < -0.39 is 0 Å². The van der Waals surface area contributed by atoms with Crippen LogP contribution in [0, 0.1) is 6.92 Å². The van der Waals surface area contributed by atoms with Gasteiger partial charge in [-0.05, 0) is 25.0 Å². The van der Waals surface area contributed by atoms with Gasteiger partial charge in [0.2, 0.25) is 0 Å². The zero-order chi connectivity index (χ0) is 12.1. The smallest absolute Gasteiger partial charge is 0.305 e. The third-order valence-electron chi connectivity index (χ3n) is 2.26. The highest BCUT2D eigenvalue weighted by atomic mass is 16.5. The second-order valence-corrected chi connectivity index (χ2v) is 3.65. The molecule has 1 heterocycles. The predicted octanol–water partition coefficient (Wildman–Crippen LogP) is 0.692. The molecule has 16 heavy (non-hydrogen) atoms. The van der Waals surface area contributed by atoms with Gasteiger partial charge in [0, 0.05) is 19.2 Å². The number of hydrogen-bond acceptors (Lipinski definition) is 4. The number of nitrogens with zero attached hydrogens (tertiary/aromatic N) is 1. The Hall–Kier alpha value is -1.78. The molecule has 0 fully saturated rings. The van der Waals surface area contributed by atoms with Crippen LogP contribution in [0.4, 0.5) is 5.69 Å². The Morgan fingerprint density at radius 1 is 1.56 bits per heavy atom. The van der Waals surface area contributed by atoms with Crippen molar-refractivity contribution >= 4 is 11.7 Å². The minimum atomic E-state index is -0.270. The fraction of sp³-hybridized carbons (Fsp3) is 0.455. The van der Waals surface area contributed by atoms with Crippen molar-refractivity contribution in [2.24, 2.45) is 0 Å². The van der Waals surface area contributed by atoms with Gasteiger partial charge in [0.25, 0.3) is 5.56 Å². The van der Waals surface area contributed by atoms with Gasteiger partial charge in [-0.15, -0.1) is 0 Å². The van der Waals surface area contributed by atoms with Crippen LogP contribution in [-0.4, -0.2) is 17.6 Å². The lowest BCUT2D eigenvalue weighted by Crippen LogP contribution is -2.23. The Balaban J connectivity index is 2.67. The van der Waals surface area contributed by atoms with Gasteiger partial charge in [-0.25, -0.2) is 0 Å². The number of carbonyl (C=O) groups excluding carboxylic acids is 1. The molecular formula is C11H16N2O3. The summed E-state index contributed by atoms with van der Waals surface area (Å²) in [4.78, 5) is 22.5. The van der Waals surface area contributed by atoms with Crippen molar-refractivity contribution in [3.63, 3.8) is 0 Å². The average molecular weight is 224 g/mol. The summed E-state index contributed by atoms with van der Waals surface area (Å²) >= 11 is 0. The van der Waals surface area contributed by atoms with E-state index >= 15 is 0 Å². The van der Waals surface area contributed by atoms with Crippen LogP contribution in [-0.2, 0) is 16.1 Å². The normalized spacial score (nSPS) is 10.1. The van der Waals surface area contributed by atoms with Crippen molar-refractivity contribution < 1.29 is 9.53 Å². The average Bonchev–Trinajstić information content (AvgIpc) is 2.24. The molecule has 0 aromatic carbocycles. The summed E-state index contributed by atoms with van der Waals surface area (Å²) in [7, 11) is 1.35. The number of carbonyl (C=O) groups is 1. The molecule has 0 spiro atoms. The Morgan fingerprint density at radius 2 is 2.25 bits per heavy atom. The Bertz CT molecular complexity index is 437. The van der Waals surface area contributed by atoms with E-state index in [1.54, 1.807) is 12.3 Å². The molecule has 1 rings (SSSR count). The molecule has 0 atom stereocenters. The third-order valence-corrected chi connectivity index (χ3v) is 2.26. The van der Waals surface area contributed by atoms with Crippen LogP contribution in [0.25, 0.3) is 0 Å². The highest BCUT2D eigenvalue weighted by Crippen LogP contribution is 2.02. The van der Waals surface area contributed by atoms with Gasteiger partial charge in [0.15, 0.2) is 0 Å². The maximum Gasteiger partial charge on any atom is 0.305 e. The van der Waals surface area contributed by atoms with Gasteiger partial charge in [0.1, 0.15) is 0 Å². The predicted molar refractivity (Wildman–Crippen MR) is 61.1 cm³/mol. The minimum absolute atomic E-state index is 0.213. The first kappa shape index (κ1) is 12.3. The van der Waals surface area contributed by atoms with Gasteiger partial charge < -0.3 is 15.0 Å². The van der Waals surface area contributed by atoms with Gasteiger partial charge in [-0.2, -0.15) is 0 Å². The number of pyridine rings is 1. The summed E-state index contributed by atoms with van der Waals surface area (Å²) in [6, 6.07) is 1.64. The van der Waals surface area contributed by atoms with E-state index in [-0.39, 0.29) is 17.2 Å². The van der Waals surface area contributed by atoms with Crippen LogP contribution in [0.5, 0.6) is 0 Å². The number of aryl methyl sites for hydroxylation is 2. The maximum atomic E-state index is 11.6. The van der Waals surface area contributed by atoms with E-state index in [0.29, 0.717) is 19.4 Å². The van der Waals surface area contributed by atoms with Crippen LogP contribution < -0.4 is 11.3 Å². The maximum absolute atomic E-state index is 11.6. The highest BCUT2D eigenvalue weighted by Gasteiger charge is 2.04. The molecule has 5 heteroatoms. The zero-order valence-electron chi connectivity index (χ0n) is 9.53. The molecule has 0 aliphatic rings. The first-order valence-electron chi connectivity index (χ1n) is 5.08. The van der Waals surface area contributed by atoms with Gasteiger partial charge >= 0.3 is 5.97 Å². The van der Waals surface area contributed by atoms with Crippen molar-refractivity contribution in [2.45, 2.75) is 26.3 Å². The zero-order valence-corrected chi connectivity index (χ0v) is 9.53. The Labute approximate surface area is 93.8 Å². The van der Waals surface area contributed by atoms with Crippen molar-refractivity contribution in [3.8, 4) is 0 Å². The quantitative estimate of drug-likeness (QED) is 0.764. The molecule has 88 valence electrons. The van der Waals surface area contributed by atoms with E-state index in [2.05, 4.69) is 4.74 Å². The van der Waals surface area contributed by atoms with E-state index in [0.717, 1.165) is 5.56 Å². The molecule has 0 aliphatic carbocycles. The highest BCUT2D eigenvalue weighted by molar-refractivity contribution is 5.68. The fourth-order valence-corrected chi connectivity index (χ4v) is 1.48. The number of hydrogen-bond donors (Lipinski definition) is 1. The van der Waals surface area contributed by atoms with Crippen LogP contribution in [0.2, 0.25) is 0 Å². The van der Waals surface area contributed by atoms with Gasteiger partial charge in [-0.1, -0.05) is 0 Å². The van der Waals surface area contributed by atoms with E-state index in [1.165, 1.54) is 11.7 Å². The molecule has 0 aliphatic heterocycles. The van der Waals surface area contributed by atoms with Crippen molar-refractivity contribution in [3.05, 3.63) is 28.2 Å². The summed E-state index contributed by atoms with van der Waals surface area (Å²) in [6.07, 6.45) is 2.60. The molecule has 2 N–H and O–H groups in total. The Kier molecular flexibility index (Phi) is 4.10. The van der Waals surface area contributed by atoms with Gasteiger partial charge in [0.05, 0.1) is 12.8 Å². The SMILES string of the molecule is COC(=O)CCCn1cc(C)cc(N)c1=O. The minimum Gasteiger partial charge on any atom is -0.469 e. The number of anilines is 1. The molecule has 0 amide bonds. The molecule has 0 unspecified atom stereocenters. The first-order valence-corrected chi connectivity index (χ1v) is 5.08. The summed E-state index contributed by atoms with van der Waals surface area (Å²) < 4.78 is 6.04. The number of ether oxygens (including phenoxy) is 1. The summed E-state index contributed by atoms with van der Waals surface area (Å²) in [5, 5.41) is 0. The molecule has 0 saturated heterocycles. The lowest BCUT2D eigenvalue weighted by atomic mass is 10.2.